The Morgan fingerprint density at radius 1 is 0.568 bits per heavy atom. The molecule has 3 aromatic rings. The molecule has 3 aromatic carbocycles. The molecule has 2 N–H and O–H groups in total. The summed E-state index contributed by atoms with van der Waals surface area (Å²) in [6.07, 6.45) is 3.80. The van der Waals surface area contributed by atoms with Crippen LogP contribution in [-0.2, 0) is 0 Å². The van der Waals surface area contributed by atoms with Gasteiger partial charge in [-0.05, 0) is 48.5 Å². The van der Waals surface area contributed by atoms with Gasteiger partial charge < -0.3 is 29.2 Å². The van der Waals surface area contributed by atoms with E-state index in [1.807, 2.05) is 60.7 Å². The molecule has 44 heavy (non-hydrogen) atoms. The summed E-state index contributed by atoms with van der Waals surface area (Å²) in [4.78, 5) is 25.2. The zero-order valence-electron chi connectivity index (χ0n) is 24.8. The molecule has 0 atom stereocenters. The molecule has 10 nitrogen and oxygen atoms in total. The molecule has 1 heterocycles. The number of fused-ring (bicyclic) bond motifs is 2. The number of hydrogen-bond acceptors (Lipinski definition) is 8. The molecule has 0 saturated carbocycles. The van der Waals surface area contributed by atoms with E-state index >= 15 is 0 Å². The fourth-order valence-corrected chi connectivity index (χ4v) is 4.23. The normalized spacial score (nSPS) is 14.9. The van der Waals surface area contributed by atoms with Gasteiger partial charge in [0.25, 0.3) is 0 Å². The third-order valence-corrected chi connectivity index (χ3v) is 6.51. The van der Waals surface area contributed by atoms with Gasteiger partial charge in [-0.1, -0.05) is 36.4 Å². The predicted octanol–water partition coefficient (Wildman–Crippen LogP) is 4.97. The molecular weight excluding hydrogens is 564 g/mol. The fourth-order valence-electron chi connectivity index (χ4n) is 4.23. The lowest BCUT2D eigenvalue weighted by atomic mass is 10.1. The van der Waals surface area contributed by atoms with Crippen LogP contribution in [0.3, 0.4) is 0 Å². The van der Waals surface area contributed by atoms with Crippen molar-refractivity contribution in [2.75, 3.05) is 65.7 Å². The second-order valence-corrected chi connectivity index (χ2v) is 9.65. The quantitative estimate of drug-likeness (QED) is 0.373. The molecule has 0 aliphatic carbocycles. The minimum Gasteiger partial charge on any atom is -0.488 e. The third-order valence-electron chi connectivity index (χ3n) is 6.51. The Morgan fingerprint density at radius 2 is 0.841 bits per heavy atom. The van der Waals surface area contributed by atoms with Crippen molar-refractivity contribution in [2.24, 2.45) is 0 Å². The van der Waals surface area contributed by atoms with Gasteiger partial charge in [0.1, 0.15) is 26.4 Å². The molecule has 0 fully saturated rings. The van der Waals surface area contributed by atoms with Gasteiger partial charge in [-0.25, -0.2) is 9.59 Å². The summed E-state index contributed by atoms with van der Waals surface area (Å²) in [5.41, 5.74) is 0.167. The number of carboxylic acids is 2. The van der Waals surface area contributed by atoms with Crippen molar-refractivity contribution in [1.82, 2.24) is 9.80 Å². The van der Waals surface area contributed by atoms with E-state index in [1.54, 1.807) is 0 Å². The molecule has 0 radical (unpaired) electrons. The molecule has 10 heteroatoms. The zero-order valence-corrected chi connectivity index (χ0v) is 24.8. The topological polar surface area (TPSA) is 118 Å². The molecule has 0 bridgehead atoms. The van der Waals surface area contributed by atoms with Gasteiger partial charge in [0, 0.05) is 39.3 Å². The van der Waals surface area contributed by atoms with Gasteiger partial charge in [-0.2, -0.15) is 0 Å². The van der Waals surface area contributed by atoms with Gasteiger partial charge in [-0.15, -0.1) is 13.2 Å². The van der Waals surface area contributed by atoms with Crippen LogP contribution in [0.15, 0.2) is 98.1 Å². The summed E-state index contributed by atoms with van der Waals surface area (Å²) in [6, 6.07) is 20.6. The average molecular weight is 605 g/mol. The summed E-state index contributed by atoms with van der Waals surface area (Å²) in [5, 5.41) is 16.9. The molecule has 0 saturated heterocycles. The number of ether oxygens (including phenoxy) is 4. The lowest BCUT2D eigenvalue weighted by Crippen LogP contribution is -2.33. The first-order valence-corrected chi connectivity index (χ1v) is 14.3. The molecule has 1 aliphatic heterocycles. The second-order valence-electron chi connectivity index (χ2n) is 9.65. The highest BCUT2D eigenvalue weighted by Crippen LogP contribution is 2.27. The van der Waals surface area contributed by atoms with Crippen LogP contribution in [0.25, 0.3) is 0 Å². The third kappa shape index (κ3) is 11.5. The molecule has 4 rings (SSSR count). The van der Waals surface area contributed by atoms with E-state index in [2.05, 4.69) is 23.0 Å². The summed E-state index contributed by atoms with van der Waals surface area (Å²) in [7, 11) is 0. The van der Waals surface area contributed by atoms with Crippen LogP contribution in [0.4, 0.5) is 0 Å². The van der Waals surface area contributed by atoms with Crippen molar-refractivity contribution in [3.63, 3.8) is 0 Å². The van der Waals surface area contributed by atoms with Crippen LogP contribution >= 0.6 is 0 Å². The largest absolute Gasteiger partial charge is 0.488 e. The number of aromatic carboxylic acids is 2. The van der Waals surface area contributed by atoms with Crippen LogP contribution in [0.2, 0.25) is 0 Å². The highest BCUT2D eigenvalue weighted by Gasteiger charge is 2.12. The maximum atomic E-state index is 10.3. The van der Waals surface area contributed by atoms with Gasteiger partial charge in [0.05, 0.1) is 11.1 Å². The number of para-hydroxylation sites is 4. The molecular formula is C34H40N2O8. The van der Waals surface area contributed by atoms with Gasteiger partial charge in [0.15, 0.2) is 23.0 Å². The molecule has 0 aromatic heterocycles. The predicted molar refractivity (Wildman–Crippen MR) is 168 cm³/mol. The van der Waals surface area contributed by atoms with E-state index in [9.17, 15) is 9.59 Å². The van der Waals surface area contributed by atoms with Gasteiger partial charge >= 0.3 is 11.9 Å². The van der Waals surface area contributed by atoms with E-state index in [-0.39, 0.29) is 11.1 Å². The molecule has 1 aliphatic rings. The second kappa shape index (κ2) is 18.7. The SMILES string of the molecule is C=CCN1CCOc2ccccc2OCCN(CC=C)CCOc2ccccc2OCC1.O=C(O)c1ccc(C(=O)O)cc1. The van der Waals surface area contributed by atoms with Crippen LogP contribution < -0.4 is 18.9 Å². The lowest BCUT2D eigenvalue weighted by molar-refractivity contribution is 0.0681. The highest BCUT2D eigenvalue weighted by atomic mass is 16.5. The van der Waals surface area contributed by atoms with E-state index in [0.29, 0.717) is 26.4 Å². The van der Waals surface area contributed by atoms with Crippen LogP contribution in [-0.4, -0.2) is 97.6 Å². The van der Waals surface area contributed by atoms with Crippen molar-refractivity contribution >= 4 is 11.9 Å². The molecule has 234 valence electrons. The molecule has 0 spiro atoms. The van der Waals surface area contributed by atoms with Crippen LogP contribution in [0.1, 0.15) is 20.7 Å². The van der Waals surface area contributed by atoms with Crippen molar-refractivity contribution in [1.29, 1.82) is 0 Å². The van der Waals surface area contributed by atoms with Crippen molar-refractivity contribution in [2.45, 2.75) is 0 Å². The van der Waals surface area contributed by atoms with Crippen molar-refractivity contribution in [3.05, 3.63) is 109 Å². The Kier molecular flexibility index (Phi) is 14.3. The first kappa shape index (κ1) is 33.7. The maximum Gasteiger partial charge on any atom is 0.335 e. The van der Waals surface area contributed by atoms with E-state index in [1.165, 1.54) is 24.3 Å². The van der Waals surface area contributed by atoms with E-state index < -0.39 is 11.9 Å². The first-order valence-electron chi connectivity index (χ1n) is 14.3. The lowest BCUT2D eigenvalue weighted by Gasteiger charge is -2.24. The Balaban J connectivity index is 0.000000369. The molecule has 0 amide bonds. The number of carboxylic acid groups (broad SMARTS) is 2. The smallest absolute Gasteiger partial charge is 0.335 e. The Bertz CT molecular complexity index is 1180. The summed E-state index contributed by atoms with van der Waals surface area (Å²) in [6.45, 7) is 14.5. The minimum atomic E-state index is -1.06. The Morgan fingerprint density at radius 3 is 1.07 bits per heavy atom. The average Bonchev–Trinajstić information content (AvgIpc) is 3.02. The fraction of sp³-hybridized carbons (Fsp3) is 0.294. The Labute approximate surface area is 258 Å². The molecule has 0 unspecified atom stereocenters. The number of rotatable bonds is 6. The van der Waals surface area contributed by atoms with Crippen molar-refractivity contribution in [3.8, 4) is 23.0 Å². The maximum absolute atomic E-state index is 10.3. The zero-order chi connectivity index (χ0) is 31.6. The highest BCUT2D eigenvalue weighted by molar-refractivity contribution is 5.91. The monoisotopic (exact) mass is 604 g/mol. The number of nitrogens with zero attached hydrogens (tertiary/aromatic N) is 2. The summed E-state index contributed by atoms with van der Waals surface area (Å²) >= 11 is 0. The first-order chi connectivity index (χ1) is 21.4. The van der Waals surface area contributed by atoms with E-state index in [0.717, 1.165) is 62.3 Å². The number of hydrogen-bond donors (Lipinski definition) is 2. The minimum absolute atomic E-state index is 0.0833. The number of benzene rings is 3. The standard InChI is InChI=1S/C26H34N2O4.C8H6O4/c1-3-13-27-15-19-29-23-9-5-7-11-25(23)31-21-17-28(14-4-2)18-22-32-26-12-8-6-10-24(26)30-20-16-27;9-7(10)5-1-2-6(4-3-5)8(11)12/h3-12H,1-2,13-22H2;1-4H,(H,9,10)(H,11,12). The van der Waals surface area contributed by atoms with Gasteiger partial charge in [0.2, 0.25) is 0 Å². The van der Waals surface area contributed by atoms with E-state index in [4.69, 9.17) is 29.2 Å². The summed E-state index contributed by atoms with van der Waals surface area (Å²) in [5.74, 6) is 0.915. The summed E-state index contributed by atoms with van der Waals surface area (Å²) < 4.78 is 24.2. The van der Waals surface area contributed by atoms with Gasteiger partial charge in [-0.3, -0.25) is 9.80 Å². The van der Waals surface area contributed by atoms with Crippen LogP contribution in [0, 0.1) is 0 Å². The van der Waals surface area contributed by atoms with Crippen molar-refractivity contribution < 1.29 is 38.7 Å². The number of carbonyl (C=O) groups is 2. The van der Waals surface area contributed by atoms with Crippen LogP contribution in [0.5, 0.6) is 23.0 Å². The Hall–Kier alpha value is -4.80.